The second-order valence-electron chi connectivity index (χ2n) is 2.68. The number of carbonyl (C=O) groups is 1. The molecule has 0 aromatic carbocycles. The van der Waals surface area contributed by atoms with Gasteiger partial charge in [-0.2, -0.15) is 0 Å². The first-order valence-corrected chi connectivity index (χ1v) is 4.53. The van der Waals surface area contributed by atoms with Gasteiger partial charge in [0.2, 0.25) is 0 Å². The van der Waals surface area contributed by atoms with Gasteiger partial charge in [-0.25, -0.2) is 4.79 Å². The third-order valence-electron chi connectivity index (χ3n) is 1.50. The minimum absolute atomic E-state index is 0.114. The first-order valence-electron chi connectivity index (χ1n) is 4.53. The zero-order chi connectivity index (χ0) is 9.23. The highest BCUT2D eigenvalue weighted by atomic mass is 16.2. The zero-order valence-electron chi connectivity index (χ0n) is 7.73. The molecule has 0 saturated carbocycles. The van der Waals surface area contributed by atoms with Crippen molar-refractivity contribution < 1.29 is 4.79 Å². The summed E-state index contributed by atoms with van der Waals surface area (Å²) >= 11 is 0. The molecule has 0 aliphatic rings. The normalized spacial score (nSPS) is 9.50. The minimum atomic E-state index is -0.114. The molecule has 4 N–H and O–H groups in total. The summed E-state index contributed by atoms with van der Waals surface area (Å²) in [7, 11) is 0. The molecule has 0 spiro atoms. The summed E-state index contributed by atoms with van der Waals surface area (Å²) in [5.74, 6) is 0. The molecule has 4 nitrogen and oxygen atoms in total. The molecule has 12 heavy (non-hydrogen) atoms. The Morgan fingerprint density at radius 3 is 2.50 bits per heavy atom. The van der Waals surface area contributed by atoms with Gasteiger partial charge in [0, 0.05) is 19.6 Å². The van der Waals surface area contributed by atoms with Crippen molar-refractivity contribution in [3.05, 3.63) is 0 Å². The maximum atomic E-state index is 10.9. The van der Waals surface area contributed by atoms with Crippen LogP contribution in [0.4, 0.5) is 4.79 Å². The average Bonchev–Trinajstić information content (AvgIpc) is 2.09. The summed E-state index contributed by atoms with van der Waals surface area (Å²) in [6.45, 7) is 3.92. The summed E-state index contributed by atoms with van der Waals surface area (Å²) in [6.07, 6.45) is 3.38. The van der Waals surface area contributed by atoms with E-state index in [0.717, 1.165) is 19.4 Å². The average molecular weight is 173 g/mol. The van der Waals surface area contributed by atoms with Gasteiger partial charge >= 0.3 is 6.03 Å². The second kappa shape index (κ2) is 8.33. The topological polar surface area (TPSA) is 67.2 Å². The maximum Gasteiger partial charge on any atom is 0.314 e. The zero-order valence-corrected chi connectivity index (χ0v) is 7.73. The number of unbranched alkanes of at least 4 members (excludes halogenated alkanes) is 2. The van der Waals surface area contributed by atoms with Crippen molar-refractivity contribution >= 4 is 6.03 Å². The van der Waals surface area contributed by atoms with Crippen molar-refractivity contribution in [2.24, 2.45) is 5.73 Å². The molecule has 2 amide bonds. The van der Waals surface area contributed by atoms with E-state index in [9.17, 15) is 4.79 Å². The van der Waals surface area contributed by atoms with Crippen molar-refractivity contribution in [3.63, 3.8) is 0 Å². The summed E-state index contributed by atoms with van der Waals surface area (Å²) < 4.78 is 0. The van der Waals surface area contributed by atoms with Crippen molar-refractivity contribution in [3.8, 4) is 0 Å². The van der Waals surface area contributed by atoms with E-state index in [0.29, 0.717) is 13.1 Å². The molecule has 0 heterocycles. The van der Waals surface area contributed by atoms with Gasteiger partial charge in [0.15, 0.2) is 0 Å². The number of nitrogens with two attached hydrogens (primary N) is 1. The van der Waals surface area contributed by atoms with Crippen molar-refractivity contribution in [1.82, 2.24) is 10.6 Å². The van der Waals surface area contributed by atoms with E-state index >= 15 is 0 Å². The Labute approximate surface area is 73.9 Å². The summed E-state index contributed by atoms with van der Waals surface area (Å²) in [5, 5.41) is 5.38. The highest BCUT2D eigenvalue weighted by molar-refractivity contribution is 5.73. The molecule has 0 aromatic rings. The Bertz CT molecular complexity index is 117. The van der Waals surface area contributed by atoms with Gasteiger partial charge < -0.3 is 16.4 Å². The Hall–Kier alpha value is -0.770. The molecule has 0 fully saturated rings. The van der Waals surface area contributed by atoms with Crippen LogP contribution in [0.25, 0.3) is 0 Å². The van der Waals surface area contributed by atoms with Crippen LogP contribution in [-0.4, -0.2) is 25.7 Å². The number of hydrogen-bond acceptors (Lipinski definition) is 2. The van der Waals surface area contributed by atoms with Crippen LogP contribution in [0, 0.1) is 0 Å². The minimum Gasteiger partial charge on any atom is -0.338 e. The third kappa shape index (κ3) is 7.34. The molecule has 0 aliphatic heterocycles. The van der Waals surface area contributed by atoms with Gasteiger partial charge in [-0.3, -0.25) is 0 Å². The van der Waals surface area contributed by atoms with Crippen molar-refractivity contribution in [2.45, 2.75) is 26.2 Å². The summed E-state index contributed by atoms with van der Waals surface area (Å²) in [5.41, 5.74) is 5.21. The summed E-state index contributed by atoms with van der Waals surface area (Å²) in [4.78, 5) is 10.9. The molecule has 0 aromatic heterocycles. The Balaban J connectivity index is 3.08. The lowest BCUT2D eigenvalue weighted by atomic mass is 10.2. The molecule has 0 aliphatic carbocycles. The molecule has 0 rings (SSSR count). The van der Waals surface area contributed by atoms with Gasteiger partial charge in [-0.15, -0.1) is 0 Å². The number of rotatable bonds is 6. The fourth-order valence-corrected chi connectivity index (χ4v) is 0.825. The van der Waals surface area contributed by atoms with Crippen LogP contribution in [-0.2, 0) is 0 Å². The number of carbonyl (C=O) groups excluding carboxylic acids is 1. The molecule has 0 bridgehead atoms. The van der Waals surface area contributed by atoms with Crippen LogP contribution in [0.3, 0.4) is 0 Å². The van der Waals surface area contributed by atoms with E-state index in [2.05, 4.69) is 17.6 Å². The number of urea groups is 1. The Morgan fingerprint density at radius 1 is 1.25 bits per heavy atom. The molecule has 0 atom stereocenters. The van der Waals surface area contributed by atoms with Crippen LogP contribution < -0.4 is 16.4 Å². The Kier molecular flexibility index (Phi) is 7.79. The van der Waals surface area contributed by atoms with Gasteiger partial charge in [0.1, 0.15) is 0 Å². The van der Waals surface area contributed by atoms with Crippen molar-refractivity contribution in [2.75, 3.05) is 19.6 Å². The van der Waals surface area contributed by atoms with E-state index < -0.39 is 0 Å². The molecular weight excluding hydrogens is 154 g/mol. The van der Waals surface area contributed by atoms with E-state index in [1.54, 1.807) is 0 Å². The predicted molar refractivity (Wildman–Crippen MR) is 50.0 cm³/mol. The van der Waals surface area contributed by atoms with E-state index in [4.69, 9.17) is 5.73 Å². The molecular formula is C8H19N3O. The van der Waals surface area contributed by atoms with Crippen LogP contribution >= 0.6 is 0 Å². The predicted octanol–water partition coefficient (Wildman–Crippen LogP) is 0.435. The largest absolute Gasteiger partial charge is 0.338 e. The van der Waals surface area contributed by atoms with E-state index in [1.165, 1.54) is 6.42 Å². The summed E-state index contributed by atoms with van der Waals surface area (Å²) in [6, 6.07) is -0.114. The lowest BCUT2D eigenvalue weighted by Crippen LogP contribution is -2.38. The molecule has 0 saturated heterocycles. The highest BCUT2D eigenvalue weighted by Gasteiger charge is 1.95. The second-order valence-corrected chi connectivity index (χ2v) is 2.68. The number of hydrogen-bond donors (Lipinski definition) is 3. The van der Waals surface area contributed by atoms with Gasteiger partial charge in [-0.05, 0) is 6.42 Å². The first-order chi connectivity index (χ1) is 5.81. The molecule has 4 heteroatoms. The third-order valence-corrected chi connectivity index (χ3v) is 1.50. The van der Waals surface area contributed by atoms with Gasteiger partial charge in [0.05, 0.1) is 0 Å². The fourth-order valence-electron chi connectivity index (χ4n) is 0.825. The van der Waals surface area contributed by atoms with E-state index in [-0.39, 0.29) is 6.03 Å². The van der Waals surface area contributed by atoms with Crippen LogP contribution in [0.5, 0.6) is 0 Å². The standard InChI is InChI=1S/C8H19N3O/c1-2-3-4-6-10-8(12)11-7-5-9/h2-7,9H2,1H3,(H2,10,11,12). The van der Waals surface area contributed by atoms with Crippen LogP contribution in [0.15, 0.2) is 0 Å². The maximum absolute atomic E-state index is 10.9. The monoisotopic (exact) mass is 173 g/mol. The van der Waals surface area contributed by atoms with E-state index in [1.807, 2.05) is 0 Å². The quantitative estimate of drug-likeness (QED) is 0.510. The molecule has 0 radical (unpaired) electrons. The first kappa shape index (κ1) is 11.2. The van der Waals surface area contributed by atoms with Gasteiger partial charge in [0.25, 0.3) is 0 Å². The number of nitrogens with one attached hydrogen (secondary N) is 2. The lowest BCUT2D eigenvalue weighted by Gasteiger charge is -2.05. The van der Waals surface area contributed by atoms with Crippen LogP contribution in [0.2, 0.25) is 0 Å². The Morgan fingerprint density at radius 2 is 1.92 bits per heavy atom. The van der Waals surface area contributed by atoms with Crippen molar-refractivity contribution in [1.29, 1.82) is 0 Å². The smallest absolute Gasteiger partial charge is 0.314 e. The van der Waals surface area contributed by atoms with Gasteiger partial charge in [-0.1, -0.05) is 19.8 Å². The molecule has 72 valence electrons. The lowest BCUT2D eigenvalue weighted by molar-refractivity contribution is 0.241. The highest BCUT2D eigenvalue weighted by Crippen LogP contribution is 1.90. The van der Waals surface area contributed by atoms with Crippen LogP contribution in [0.1, 0.15) is 26.2 Å². The number of amides is 2. The fraction of sp³-hybridized carbons (Fsp3) is 0.875. The molecule has 0 unspecified atom stereocenters. The SMILES string of the molecule is CCCCCNC(=O)NCCN.